The lowest BCUT2D eigenvalue weighted by atomic mass is 9.69. The first-order valence-corrected chi connectivity index (χ1v) is 8.54. The normalized spacial score (nSPS) is 22.9. The highest BCUT2D eigenvalue weighted by Crippen LogP contribution is 2.40. The molecule has 0 saturated heterocycles. The van der Waals surface area contributed by atoms with E-state index in [9.17, 15) is 0 Å². The molecule has 0 unspecified atom stereocenters. The van der Waals surface area contributed by atoms with E-state index in [1.165, 1.54) is 37.8 Å². The number of nitrogens with one attached hydrogen (secondary N) is 1. The number of ether oxygens (including phenoxy) is 1. The molecule has 1 saturated carbocycles. The summed E-state index contributed by atoms with van der Waals surface area (Å²) in [7, 11) is 0. The fourth-order valence-electron chi connectivity index (χ4n) is 3.36. The molecule has 0 bridgehead atoms. The van der Waals surface area contributed by atoms with Gasteiger partial charge < -0.3 is 10.1 Å². The van der Waals surface area contributed by atoms with Crippen molar-refractivity contribution in [2.75, 3.05) is 11.9 Å². The number of rotatable bonds is 6. The van der Waals surface area contributed by atoms with Gasteiger partial charge in [0.1, 0.15) is 5.75 Å². The molecular weight excluding hydrogens is 258 g/mol. The van der Waals surface area contributed by atoms with E-state index >= 15 is 0 Å². The Kier molecular flexibility index (Phi) is 5.55. The van der Waals surface area contributed by atoms with Crippen molar-refractivity contribution in [1.29, 1.82) is 0 Å². The Labute approximate surface area is 130 Å². The van der Waals surface area contributed by atoms with Crippen LogP contribution in [0.4, 0.5) is 5.69 Å². The molecule has 0 spiro atoms. The van der Waals surface area contributed by atoms with E-state index < -0.39 is 0 Å². The molecule has 2 rings (SSSR count). The third-order valence-electron chi connectivity index (χ3n) is 5.28. The maximum absolute atomic E-state index is 5.49. The van der Waals surface area contributed by atoms with Gasteiger partial charge in [-0.3, -0.25) is 0 Å². The summed E-state index contributed by atoms with van der Waals surface area (Å²) in [5.41, 5.74) is 1.72. The third-order valence-corrected chi connectivity index (χ3v) is 5.28. The van der Waals surface area contributed by atoms with Crippen LogP contribution in [-0.4, -0.2) is 12.6 Å². The van der Waals surface area contributed by atoms with Gasteiger partial charge in [0.05, 0.1) is 6.61 Å². The van der Waals surface area contributed by atoms with E-state index in [1.54, 1.807) is 0 Å². The Balaban J connectivity index is 1.83. The van der Waals surface area contributed by atoms with Gasteiger partial charge in [0.2, 0.25) is 0 Å². The molecule has 0 radical (unpaired) electrons. The maximum Gasteiger partial charge on any atom is 0.119 e. The molecule has 1 aromatic carbocycles. The minimum atomic E-state index is 0.504. The SMILES string of the molecule is CCOc1ccc(NC2CCC(C(C)(C)CC)CC2)cc1. The molecule has 0 aromatic heterocycles. The second-order valence-corrected chi connectivity index (χ2v) is 6.99. The maximum atomic E-state index is 5.49. The van der Waals surface area contributed by atoms with Gasteiger partial charge in [-0.15, -0.1) is 0 Å². The van der Waals surface area contributed by atoms with Crippen molar-refractivity contribution in [3.63, 3.8) is 0 Å². The largest absolute Gasteiger partial charge is 0.494 e. The van der Waals surface area contributed by atoms with E-state index in [0.717, 1.165) is 18.3 Å². The first-order valence-electron chi connectivity index (χ1n) is 8.54. The van der Waals surface area contributed by atoms with Gasteiger partial charge in [-0.2, -0.15) is 0 Å². The Morgan fingerprint density at radius 1 is 1.05 bits per heavy atom. The molecule has 0 atom stereocenters. The monoisotopic (exact) mass is 289 g/mol. The van der Waals surface area contributed by atoms with Gasteiger partial charge in [-0.25, -0.2) is 0 Å². The molecule has 0 aliphatic heterocycles. The first kappa shape index (κ1) is 16.2. The fraction of sp³-hybridized carbons (Fsp3) is 0.684. The predicted molar refractivity (Wildman–Crippen MR) is 91.1 cm³/mol. The molecule has 2 nitrogen and oxygen atoms in total. The summed E-state index contributed by atoms with van der Waals surface area (Å²) in [6.45, 7) is 9.92. The van der Waals surface area contributed by atoms with Crippen molar-refractivity contribution in [3.8, 4) is 5.75 Å². The van der Waals surface area contributed by atoms with Crippen molar-refractivity contribution in [2.24, 2.45) is 11.3 Å². The summed E-state index contributed by atoms with van der Waals surface area (Å²) >= 11 is 0. The van der Waals surface area contributed by atoms with Crippen LogP contribution < -0.4 is 10.1 Å². The minimum Gasteiger partial charge on any atom is -0.494 e. The van der Waals surface area contributed by atoms with Crippen LogP contribution >= 0.6 is 0 Å². The van der Waals surface area contributed by atoms with Crippen LogP contribution in [0.15, 0.2) is 24.3 Å². The molecule has 1 fully saturated rings. The Hall–Kier alpha value is -1.18. The third kappa shape index (κ3) is 4.39. The number of hydrogen-bond donors (Lipinski definition) is 1. The van der Waals surface area contributed by atoms with Crippen molar-refractivity contribution >= 4 is 5.69 Å². The van der Waals surface area contributed by atoms with Crippen LogP contribution in [0.3, 0.4) is 0 Å². The molecule has 1 aliphatic carbocycles. The van der Waals surface area contributed by atoms with E-state index in [4.69, 9.17) is 4.74 Å². The quantitative estimate of drug-likeness (QED) is 0.747. The second kappa shape index (κ2) is 7.20. The molecule has 1 aliphatic rings. The lowest BCUT2D eigenvalue weighted by Gasteiger charge is -2.39. The van der Waals surface area contributed by atoms with Gasteiger partial charge in [0.15, 0.2) is 0 Å². The van der Waals surface area contributed by atoms with Gasteiger partial charge >= 0.3 is 0 Å². The first-order chi connectivity index (χ1) is 10.0. The molecule has 118 valence electrons. The second-order valence-electron chi connectivity index (χ2n) is 6.99. The molecular formula is C19H31NO. The molecule has 2 heteroatoms. The van der Waals surface area contributed by atoms with E-state index in [1.807, 2.05) is 6.92 Å². The van der Waals surface area contributed by atoms with Crippen molar-refractivity contribution in [2.45, 2.75) is 65.8 Å². The van der Waals surface area contributed by atoms with Crippen molar-refractivity contribution in [3.05, 3.63) is 24.3 Å². The summed E-state index contributed by atoms with van der Waals surface area (Å²) < 4.78 is 5.49. The van der Waals surface area contributed by atoms with Crippen LogP contribution in [0.5, 0.6) is 5.75 Å². The Morgan fingerprint density at radius 3 is 2.19 bits per heavy atom. The summed E-state index contributed by atoms with van der Waals surface area (Å²) in [6.07, 6.45) is 6.59. The summed E-state index contributed by atoms with van der Waals surface area (Å²) in [6, 6.07) is 9.00. The van der Waals surface area contributed by atoms with E-state index in [0.29, 0.717) is 11.5 Å². The molecule has 0 amide bonds. The number of benzene rings is 1. The predicted octanol–water partition coefficient (Wildman–Crippen LogP) is 5.49. The van der Waals surface area contributed by atoms with Crippen LogP contribution in [0.1, 0.15) is 59.8 Å². The van der Waals surface area contributed by atoms with E-state index in [2.05, 4.69) is 50.4 Å². The molecule has 1 aromatic rings. The smallest absolute Gasteiger partial charge is 0.119 e. The van der Waals surface area contributed by atoms with Gasteiger partial charge in [0, 0.05) is 11.7 Å². The van der Waals surface area contributed by atoms with Crippen molar-refractivity contribution < 1.29 is 4.74 Å². The van der Waals surface area contributed by atoms with E-state index in [-0.39, 0.29) is 0 Å². The molecule has 21 heavy (non-hydrogen) atoms. The average Bonchev–Trinajstić information content (AvgIpc) is 2.50. The fourth-order valence-corrected chi connectivity index (χ4v) is 3.36. The molecule has 1 N–H and O–H groups in total. The highest BCUT2D eigenvalue weighted by molar-refractivity contribution is 5.47. The average molecular weight is 289 g/mol. The summed E-state index contributed by atoms with van der Waals surface area (Å²) in [5.74, 6) is 1.84. The van der Waals surface area contributed by atoms with Crippen molar-refractivity contribution in [1.82, 2.24) is 0 Å². The summed E-state index contributed by atoms with van der Waals surface area (Å²) in [5, 5.41) is 3.68. The highest BCUT2D eigenvalue weighted by atomic mass is 16.5. The highest BCUT2D eigenvalue weighted by Gasteiger charge is 2.31. The topological polar surface area (TPSA) is 21.3 Å². The van der Waals surface area contributed by atoms with Gasteiger partial charge in [-0.05, 0) is 68.2 Å². The minimum absolute atomic E-state index is 0.504. The Bertz CT molecular complexity index is 416. The van der Waals surface area contributed by atoms with Crippen LogP contribution in [0, 0.1) is 11.3 Å². The Morgan fingerprint density at radius 2 is 1.67 bits per heavy atom. The standard InChI is InChI=1S/C19H31NO/c1-5-19(3,4)15-7-9-16(10-8-15)20-17-11-13-18(14-12-17)21-6-2/h11-16,20H,5-10H2,1-4H3. The molecule has 0 heterocycles. The zero-order valence-electron chi connectivity index (χ0n) is 14.1. The van der Waals surface area contributed by atoms with Crippen LogP contribution in [0.2, 0.25) is 0 Å². The zero-order valence-corrected chi connectivity index (χ0v) is 14.1. The van der Waals surface area contributed by atoms with Crippen LogP contribution in [0.25, 0.3) is 0 Å². The lowest BCUT2D eigenvalue weighted by Crippen LogP contribution is -2.32. The van der Waals surface area contributed by atoms with Gasteiger partial charge in [-0.1, -0.05) is 27.2 Å². The van der Waals surface area contributed by atoms with Crippen LogP contribution in [-0.2, 0) is 0 Å². The zero-order chi connectivity index (χ0) is 15.3. The lowest BCUT2D eigenvalue weighted by molar-refractivity contribution is 0.147. The summed E-state index contributed by atoms with van der Waals surface area (Å²) in [4.78, 5) is 0. The van der Waals surface area contributed by atoms with Gasteiger partial charge in [0.25, 0.3) is 0 Å². The number of hydrogen-bond acceptors (Lipinski definition) is 2. The number of anilines is 1.